The minimum absolute atomic E-state index is 0.0562. The fourth-order valence-electron chi connectivity index (χ4n) is 2.49. The first kappa shape index (κ1) is 15.1. The fraction of sp³-hybridized carbons (Fsp3) is 0.278. The van der Waals surface area contributed by atoms with Gasteiger partial charge in [0.15, 0.2) is 0 Å². The predicted molar refractivity (Wildman–Crippen MR) is 88.7 cm³/mol. The van der Waals surface area contributed by atoms with Gasteiger partial charge in [-0.15, -0.1) is 0 Å². The van der Waals surface area contributed by atoms with Gasteiger partial charge >= 0.3 is 0 Å². The van der Waals surface area contributed by atoms with Crippen LogP contribution in [0.1, 0.15) is 36.6 Å². The Morgan fingerprint density at radius 3 is 2.19 bits per heavy atom. The molecule has 0 heterocycles. The first-order chi connectivity index (χ1) is 9.95. The molecule has 21 heavy (non-hydrogen) atoms. The summed E-state index contributed by atoms with van der Waals surface area (Å²) in [6.45, 7) is 7.91. The van der Waals surface area contributed by atoms with Gasteiger partial charge in [0.2, 0.25) is 5.91 Å². The van der Waals surface area contributed by atoms with Gasteiger partial charge in [-0.05, 0) is 56.2 Å². The number of nitrogens with one attached hydrogen (secondary N) is 2. The van der Waals surface area contributed by atoms with E-state index >= 15 is 0 Å². The van der Waals surface area contributed by atoms with E-state index in [4.69, 9.17) is 0 Å². The number of rotatable bonds is 4. The number of aryl methyl sites for hydroxylation is 2. The molecular weight excluding hydrogens is 260 g/mol. The third-order valence-corrected chi connectivity index (χ3v) is 3.48. The average molecular weight is 282 g/mol. The Morgan fingerprint density at radius 2 is 1.62 bits per heavy atom. The summed E-state index contributed by atoms with van der Waals surface area (Å²) < 4.78 is 0. The Hall–Kier alpha value is -2.29. The van der Waals surface area contributed by atoms with Crippen LogP contribution in [0.4, 0.5) is 11.4 Å². The minimum atomic E-state index is -0.0562. The molecule has 0 spiro atoms. The summed E-state index contributed by atoms with van der Waals surface area (Å²) in [6, 6.07) is 14.5. The van der Waals surface area contributed by atoms with E-state index in [1.165, 1.54) is 23.6 Å². The molecule has 0 bridgehead atoms. The van der Waals surface area contributed by atoms with Crippen LogP contribution < -0.4 is 10.6 Å². The zero-order valence-electron chi connectivity index (χ0n) is 13.0. The number of carbonyl (C=O) groups is 1. The number of hydrogen-bond acceptors (Lipinski definition) is 2. The Bertz CT molecular complexity index is 632. The molecule has 110 valence electrons. The predicted octanol–water partition coefficient (Wildman–Crippen LogP) is 4.43. The zero-order valence-corrected chi connectivity index (χ0v) is 13.0. The van der Waals surface area contributed by atoms with E-state index in [0.29, 0.717) is 0 Å². The van der Waals surface area contributed by atoms with Crippen molar-refractivity contribution in [3.05, 3.63) is 59.2 Å². The molecule has 3 nitrogen and oxygen atoms in total. The second-order valence-electron chi connectivity index (χ2n) is 5.48. The van der Waals surface area contributed by atoms with Crippen LogP contribution in [-0.2, 0) is 4.79 Å². The lowest BCUT2D eigenvalue weighted by Gasteiger charge is -2.18. The van der Waals surface area contributed by atoms with E-state index in [0.717, 1.165) is 11.4 Å². The lowest BCUT2D eigenvalue weighted by atomic mass is 10.00. The third-order valence-electron chi connectivity index (χ3n) is 3.48. The highest BCUT2D eigenvalue weighted by atomic mass is 16.1. The molecule has 0 aliphatic heterocycles. The van der Waals surface area contributed by atoms with Gasteiger partial charge in [0, 0.05) is 24.3 Å². The SMILES string of the molecule is CC(=O)Nc1ccc(NC(C)c2ccc(C)cc2C)cc1. The highest BCUT2D eigenvalue weighted by Gasteiger charge is 2.08. The highest BCUT2D eigenvalue weighted by molar-refractivity contribution is 5.88. The molecule has 0 radical (unpaired) electrons. The molecule has 2 rings (SSSR count). The van der Waals surface area contributed by atoms with E-state index in [2.05, 4.69) is 49.6 Å². The highest BCUT2D eigenvalue weighted by Crippen LogP contribution is 2.23. The molecule has 3 heteroatoms. The molecule has 0 aliphatic carbocycles. The molecule has 2 aromatic rings. The maximum atomic E-state index is 11.0. The molecule has 0 aromatic heterocycles. The van der Waals surface area contributed by atoms with Crippen LogP contribution in [0.2, 0.25) is 0 Å². The second-order valence-corrected chi connectivity index (χ2v) is 5.48. The number of hydrogen-bond donors (Lipinski definition) is 2. The Labute approximate surface area is 126 Å². The summed E-state index contributed by atoms with van der Waals surface area (Å²) in [5.74, 6) is -0.0562. The van der Waals surface area contributed by atoms with Gasteiger partial charge in [0.05, 0.1) is 0 Å². The molecule has 2 aromatic carbocycles. The first-order valence-corrected chi connectivity index (χ1v) is 7.17. The van der Waals surface area contributed by atoms with Crippen molar-refractivity contribution < 1.29 is 4.79 Å². The quantitative estimate of drug-likeness (QED) is 0.870. The molecule has 0 saturated carbocycles. The van der Waals surface area contributed by atoms with Crippen molar-refractivity contribution in [2.24, 2.45) is 0 Å². The maximum absolute atomic E-state index is 11.0. The molecule has 1 amide bonds. The number of anilines is 2. The molecule has 2 N–H and O–H groups in total. The Balaban J connectivity index is 2.08. The summed E-state index contributed by atoms with van der Waals surface area (Å²) >= 11 is 0. The van der Waals surface area contributed by atoms with E-state index in [9.17, 15) is 4.79 Å². The van der Waals surface area contributed by atoms with Crippen LogP contribution in [0, 0.1) is 13.8 Å². The topological polar surface area (TPSA) is 41.1 Å². The average Bonchev–Trinajstić information content (AvgIpc) is 2.40. The molecular formula is C18H22N2O. The van der Waals surface area contributed by atoms with Crippen LogP contribution in [0.25, 0.3) is 0 Å². The van der Waals surface area contributed by atoms with E-state index < -0.39 is 0 Å². The number of benzene rings is 2. The zero-order chi connectivity index (χ0) is 15.4. The molecule has 0 aliphatic rings. The first-order valence-electron chi connectivity index (χ1n) is 7.17. The second kappa shape index (κ2) is 6.44. The minimum Gasteiger partial charge on any atom is -0.379 e. The van der Waals surface area contributed by atoms with Crippen molar-refractivity contribution in [2.75, 3.05) is 10.6 Å². The molecule has 1 atom stereocenters. The number of amides is 1. The van der Waals surface area contributed by atoms with Gasteiger partial charge in [0.25, 0.3) is 0 Å². The van der Waals surface area contributed by atoms with Crippen LogP contribution in [-0.4, -0.2) is 5.91 Å². The smallest absolute Gasteiger partial charge is 0.221 e. The fourth-order valence-corrected chi connectivity index (χ4v) is 2.49. The monoisotopic (exact) mass is 282 g/mol. The summed E-state index contributed by atoms with van der Waals surface area (Å²) in [7, 11) is 0. The van der Waals surface area contributed by atoms with Gasteiger partial charge < -0.3 is 10.6 Å². The largest absolute Gasteiger partial charge is 0.379 e. The summed E-state index contributed by atoms with van der Waals surface area (Å²) in [6.07, 6.45) is 0. The van der Waals surface area contributed by atoms with Gasteiger partial charge in [-0.2, -0.15) is 0 Å². The van der Waals surface area contributed by atoms with Gasteiger partial charge in [-0.1, -0.05) is 23.8 Å². The van der Waals surface area contributed by atoms with Crippen LogP contribution in [0.15, 0.2) is 42.5 Å². The summed E-state index contributed by atoms with van der Waals surface area (Å²) in [4.78, 5) is 11.0. The van der Waals surface area contributed by atoms with E-state index in [1.807, 2.05) is 24.3 Å². The van der Waals surface area contributed by atoms with Crippen molar-refractivity contribution >= 4 is 17.3 Å². The van der Waals surface area contributed by atoms with Crippen LogP contribution in [0.5, 0.6) is 0 Å². The molecule has 0 fully saturated rings. The van der Waals surface area contributed by atoms with Gasteiger partial charge in [-0.3, -0.25) is 4.79 Å². The molecule has 1 unspecified atom stereocenters. The van der Waals surface area contributed by atoms with Crippen molar-refractivity contribution in [2.45, 2.75) is 33.7 Å². The standard InChI is InChI=1S/C18H22N2O/c1-12-5-10-18(13(2)11-12)14(3)19-16-6-8-17(9-7-16)20-15(4)21/h5-11,14,19H,1-4H3,(H,20,21). The van der Waals surface area contributed by atoms with Crippen LogP contribution >= 0.6 is 0 Å². The molecule has 0 saturated heterocycles. The van der Waals surface area contributed by atoms with Crippen molar-refractivity contribution in [1.82, 2.24) is 0 Å². The van der Waals surface area contributed by atoms with Crippen molar-refractivity contribution in [3.63, 3.8) is 0 Å². The number of carbonyl (C=O) groups excluding carboxylic acids is 1. The van der Waals surface area contributed by atoms with E-state index in [1.54, 1.807) is 0 Å². The maximum Gasteiger partial charge on any atom is 0.221 e. The lowest BCUT2D eigenvalue weighted by Crippen LogP contribution is -2.09. The Morgan fingerprint density at radius 1 is 1.00 bits per heavy atom. The third kappa shape index (κ3) is 4.09. The van der Waals surface area contributed by atoms with Gasteiger partial charge in [0.1, 0.15) is 0 Å². The summed E-state index contributed by atoms with van der Waals surface area (Å²) in [5.41, 5.74) is 5.73. The Kier molecular flexibility index (Phi) is 4.63. The normalized spacial score (nSPS) is 11.8. The summed E-state index contributed by atoms with van der Waals surface area (Å²) in [5, 5.41) is 6.25. The van der Waals surface area contributed by atoms with Crippen molar-refractivity contribution in [1.29, 1.82) is 0 Å². The van der Waals surface area contributed by atoms with Crippen molar-refractivity contribution in [3.8, 4) is 0 Å². The lowest BCUT2D eigenvalue weighted by molar-refractivity contribution is -0.114. The van der Waals surface area contributed by atoms with Crippen LogP contribution in [0.3, 0.4) is 0 Å². The van der Waals surface area contributed by atoms with E-state index in [-0.39, 0.29) is 11.9 Å². The van der Waals surface area contributed by atoms with Gasteiger partial charge in [-0.25, -0.2) is 0 Å².